The van der Waals surface area contributed by atoms with Crippen molar-refractivity contribution in [2.45, 2.75) is 18.9 Å². The molecule has 138 valence electrons. The minimum Gasteiger partial charge on any atom is -0.333 e. The molecule has 0 radical (unpaired) electrons. The lowest BCUT2D eigenvalue weighted by Crippen LogP contribution is -2.41. The van der Waals surface area contributed by atoms with Crippen molar-refractivity contribution in [3.05, 3.63) is 38.7 Å². The summed E-state index contributed by atoms with van der Waals surface area (Å²) >= 11 is 0. The number of hydrogen-bond donors (Lipinski definition) is 1. The highest BCUT2D eigenvalue weighted by Gasteiger charge is 2.29. The molecule has 3 rings (SSSR count). The fourth-order valence-corrected chi connectivity index (χ4v) is 3.07. The number of pyridine rings is 1. The molecule has 1 saturated heterocycles. The summed E-state index contributed by atoms with van der Waals surface area (Å²) in [6, 6.07) is 3.10. The van der Waals surface area contributed by atoms with Gasteiger partial charge in [-0.15, -0.1) is 24.8 Å². The normalized spacial score (nSPS) is 16.4. The molecule has 2 N–H and O–H groups in total. The molecule has 2 aromatic rings. The van der Waals surface area contributed by atoms with E-state index in [4.69, 9.17) is 5.73 Å². The standard InChI is InChI=1S/C15H19N5O3.2ClH/c1-18-12-10(13(21)19(2)15(18)23)5-6-11(17-12)14(22)20-7-3-4-9(20)8-16;;/h5-6,9H,3-4,7-8,16H2,1-2H3;2*1H. The minimum absolute atomic E-state index is 0. The van der Waals surface area contributed by atoms with Gasteiger partial charge in [0, 0.05) is 33.2 Å². The highest BCUT2D eigenvalue weighted by molar-refractivity contribution is 5.94. The third-order valence-corrected chi connectivity index (χ3v) is 4.43. The van der Waals surface area contributed by atoms with Crippen LogP contribution in [0.15, 0.2) is 21.7 Å². The van der Waals surface area contributed by atoms with Gasteiger partial charge in [-0.25, -0.2) is 9.78 Å². The molecular formula is C15H21Cl2N5O3. The molecule has 2 aromatic heterocycles. The molecule has 0 saturated carbocycles. The van der Waals surface area contributed by atoms with Crippen LogP contribution < -0.4 is 17.0 Å². The molecule has 1 aliphatic heterocycles. The number of aromatic nitrogens is 3. The number of nitrogens with zero attached hydrogens (tertiary/aromatic N) is 4. The number of carbonyl (C=O) groups is 1. The SMILES string of the molecule is Cl.Cl.Cn1c(=O)c2ccc(C(=O)N3CCCC3CN)nc2n(C)c1=O. The summed E-state index contributed by atoms with van der Waals surface area (Å²) in [5.41, 5.74) is 5.25. The maximum absolute atomic E-state index is 12.6. The Morgan fingerprint density at radius 3 is 2.56 bits per heavy atom. The molecule has 0 spiro atoms. The Kier molecular flexibility index (Phi) is 6.75. The molecule has 0 aromatic carbocycles. The lowest BCUT2D eigenvalue weighted by atomic mass is 10.2. The topological polar surface area (TPSA) is 103 Å². The monoisotopic (exact) mass is 389 g/mol. The summed E-state index contributed by atoms with van der Waals surface area (Å²) in [6.45, 7) is 1.06. The second-order valence-corrected chi connectivity index (χ2v) is 5.80. The van der Waals surface area contributed by atoms with Crippen LogP contribution in [0.5, 0.6) is 0 Å². The van der Waals surface area contributed by atoms with Crippen LogP contribution in [0.4, 0.5) is 0 Å². The summed E-state index contributed by atoms with van der Waals surface area (Å²) < 4.78 is 2.30. The van der Waals surface area contributed by atoms with Crippen LogP contribution in [0.3, 0.4) is 0 Å². The molecule has 0 bridgehead atoms. The average Bonchev–Trinajstić information content (AvgIpc) is 3.05. The molecule has 1 fully saturated rings. The molecule has 1 aliphatic rings. The van der Waals surface area contributed by atoms with E-state index in [9.17, 15) is 14.4 Å². The summed E-state index contributed by atoms with van der Waals surface area (Å²) in [4.78, 5) is 42.8. The number of aryl methyl sites for hydroxylation is 1. The maximum Gasteiger partial charge on any atom is 0.332 e. The van der Waals surface area contributed by atoms with Crippen molar-refractivity contribution in [1.29, 1.82) is 0 Å². The number of fused-ring (bicyclic) bond motifs is 1. The zero-order valence-corrected chi connectivity index (χ0v) is 15.6. The lowest BCUT2D eigenvalue weighted by molar-refractivity contribution is 0.0735. The first kappa shape index (κ1) is 21.1. The van der Waals surface area contributed by atoms with Gasteiger partial charge in [-0.2, -0.15) is 0 Å². The first-order valence-electron chi connectivity index (χ1n) is 7.53. The molecule has 1 amide bonds. The third-order valence-electron chi connectivity index (χ3n) is 4.43. The maximum atomic E-state index is 12.6. The Labute approximate surface area is 156 Å². The van der Waals surface area contributed by atoms with E-state index < -0.39 is 11.2 Å². The van der Waals surface area contributed by atoms with Crippen LogP contribution in [-0.4, -0.2) is 44.1 Å². The third kappa shape index (κ3) is 3.42. The smallest absolute Gasteiger partial charge is 0.332 e. The van der Waals surface area contributed by atoms with Crippen LogP contribution in [0.25, 0.3) is 11.0 Å². The van der Waals surface area contributed by atoms with Crippen molar-refractivity contribution in [1.82, 2.24) is 19.0 Å². The number of carbonyl (C=O) groups excluding carboxylic acids is 1. The second-order valence-electron chi connectivity index (χ2n) is 5.80. The van der Waals surface area contributed by atoms with Gasteiger partial charge in [0.2, 0.25) is 0 Å². The summed E-state index contributed by atoms with van der Waals surface area (Å²) in [5.74, 6) is -0.215. The number of likely N-dealkylation sites (tertiary alicyclic amines) is 1. The molecule has 3 heterocycles. The van der Waals surface area contributed by atoms with E-state index in [1.807, 2.05) is 0 Å². The number of nitrogens with two attached hydrogens (primary N) is 1. The fourth-order valence-electron chi connectivity index (χ4n) is 3.07. The second kappa shape index (κ2) is 7.99. The minimum atomic E-state index is -0.472. The van der Waals surface area contributed by atoms with Gasteiger partial charge in [0.1, 0.15) is 11.3 Å². The summed E-state index contributed by atoms with van der Waals surface area (Å²) in [5, 5.41) is 0.308. The van der Waals surface area contributed by atoms with Gasteiger partial charge >= 0.3 is 5.69 Å². The highest BCUT2D eigenvalue weighted by Crippen LogP contribution is 2.19. The van der Waals surface area contributed by atoms with Crippen molar-refractivity contribution in [3.8, 4) is 0 Å². The van der Waals surface area contributed by atoms with E-state index >= 15 is 0 Å². The van der Waals surface area contributed by atoms with E-state index in [1.54, 1.807) is 11.0 Å². The van der Waals surface area contributed by atoms with E-state index in [2.05, 4.69) is 4.98 Å². The summed E-state index contributed by atoms with van der Waals surface area (Å²) in [6.07, 6.45) is 1.80. The van der Waals surface area contributed by atoms with Crippen LogP contribution in [0, 0.1) is 0 Å². The Balaban J connectivity index is 0.00000156. The van der Waals surface area contributed by atoms with Crippen molar-refractivity contribution < 1.29 is 4.79 Å². The first-order chi connectivity index (χ1) is 11.0. The van der Waals surface area contributed by atoms with Gasteiger partial charge in [-0.1, -0.05) is 0 Å². The summed E-state index contributed by atoms with van der Waals surface area (Å²) in [7, 11) is 2.95. The number of rotatable bonds is 2. The van der Waals surface area contributed by atoms with Crippen molar-refractivity contribution >= 4 is 41.8 Å². The van der Waals surface area contributed by atoms with Gasteiger partial charge in [0.15, 0.2) is 0 Å². The molecule has 8 nitrogen and oxygen atoms in total. The lowest BCUT2D eigenvalue weighted by Gasteiger charge is -2.23. The van der Waals surface area contributed by atoms with Gasteiger partial charge in [0.05, 0.1) is 5.39 Å². The zero-order chi connectivity index (χ0) is 16.7. The first-order valence-corrected chi connectivity index (χ1v) is 7.53. The number of amides is 1. The Bertz CT molecular complexity index is 908. The van der Waals surface area contributed by atoms with Crippen LogP contribution >= 0.6 is 24.8 Å². The van der Waals surface area contributed by atoms with E-state index in [1.165, 1.54) is 24.7 Å². The Hall–Kier alpha value is -1.90. The Morgan fingerprint density at radius 1 is 1.24 bits per heavy atom. The average molecular weight is 390 g/mol. The quantitative estimate of drug-likeness (QED) is 0.780. The van der Waals surface area contributed by atoms with Crippen LogP contribution in [0.1, 0.15) is 23.3 Å². The predicted octanol–water partition coefficient (Wildman–Crippen LogP) is 0.0391. The largest absolute Gasteiger partial charge is 0.333 e. The van der Waals surface area contributed by atoms with Gasteiger partial charge < -0.3 is 10.6 Å². The zero-order valence-electron chi connectivity index (χ0n) is 14.0. The van der Waals surface area contributed by atoms with Crippen molar-refractivity contribution in [3.63, 3.8) is 0 Å². The van der Waals surface area contributed by atoms with Crippen LogP contribution in [0.2, 0.25) is 0 Å². The predicted molar refractivity (Wildman–Crippen MR) is 99.8 cm³/mol. The van der Waals surface area contributed by atoms with Crippen molar-refractivity contribution in [2.24, 2.45) is 19.8 Å². The number of hydrogen-bond acceptors (Lipinski definition) is 5. The molecule has 1 atom stereocenters. The van der Waals surface area contributed by atoms with Gasteiger partial charge in [-0.05, 0) is 25.0 Å². The molecule has 1 unspecified atom stereocenters. The van der Waals surface area contributed by atoms with Crippen LogP contribution in [-0.2, 0) is 14.1 Å². The number of halogens is 2. The molecule has 25 heavy (non-hydrogen) atoms. The highest BCUT2D eigenvalue weighted by atomic mass is 35.5. The molecule has 10 heteroatoms. The van der Waals surface area contributed by atoms with Gasteiger partial charge in [-0.3, -0.25) is 18.7 Å². The van der Waals surface area contributed by atoms with E-state index in [0.717, 1.165) is 17.4 Å². The van der Waals surface area contributed by atoms with E-state index in [0.29, 0.717) is 18.5 Å². The molecule has 0 aliphatic carbocycles. The van der Waals surface area contributed by atoms with E-state index in [-0.39, 0.29) is 48.1 Å². The molecular weight excluding hydrogens is 369 g/mol. The van der Waals surface area contributed by atoms with Gasteiger partial charge in [0.25, 0.3) is 11.5 Å². The Morgan fingerprint density at radius 2 is 1.92 bits per heavy atom. The van der Waals surface area contributed by atoms with Crippen molar-refractivity contribution in [2.75, 3.05) is 13.1 Å². The fraction of sp³-hybridized carbons (Fsp3) is 0.467.